The van der Waals surface area contributed by atoms with E-state index in [1.165, 1.54) is 0 Å². The van der Waals surface area contributed by atoms with Crippen LogP contribution in [0.1, 0.15) is 23.5 Å². The lowest BCUT2D eigenvalue weighted by atomic mass is 10.1. The molecule has 3 rings (SSSR count). The lowest BCUT2D eigenvalue weighted by Crippen LogP contribution is -2.25. The maximum atomic E-state index is 12.0. The Morgan fingerprint density at radius 2 is 2.29 bits per heavy atom. The molecule has 1 radical (unpaired) electrons. The molecule has 0 unspecified atom stereocenters. The van der Waals surface area contributed by atoms with E-state index in [4.69, 9.17) is 0 Å². The molecule has 1 fully saturated rings. The Morgan fingerprint density at radius 3 is 3.06 bits per heavy atom. The molecule has 0 spiro atoms. The molecule has 2 heterocycles. The van der Waals surface area contributed by atoms with Crippen molar-refractivity contribution in [3.8, 4) is 0 Å². The van der Waals surface area contributed by atoms with Crippen molar-refractivity contribution >= 4 is 16.8 Å². The van der Waals surface area contributed by atoms with Crippen molar-refractivity contribution in [1.29, 1.82) is 0 Å². The number of hydrogen-bond donors (Lipinski definition) is 2. The highest BCUT2D eigenvalue weighted by atomic mass is 16.1. The number of carbonyl (C=O) groups is 1. The van der Waals surface area contributed by atoms with Crippen LogP contribution in [0.3, 0.4) is 0 Å². The maximum Gasteiger partial charge on any atom is 0.203 e. The Labute approximate surface area is 99.4 Å². The van der Waals surface area contributed by atoms with E-state index in [0.29, 0.717) is 5.82 Å². The third-order valence-corrected chi connectivity index (χ3v) is 3.07. The second-order valence-corrected chi connectivity index (χ2v) is 4.34. The van der Waals surface area contributed by atoms with Gasteiger partial charge in [-0.05, 0) is 31.5 Å². The molecule has 0 saturated carbocycles. The van der Waals surface area contributed by atoms with Gasteiger partial charge in [0, 0.05) is 6.04 Å². The summed E-state index contributed by atoms with van der Waals surface area (Å²) in [5.74, 6) is 0.403. The number of carbonyl (C=O) groups excluding carboxylic acids is 1. The lowest BCUT2D eigenvalue weighted by molar-refractivity contribution is 0.101. The molecular formula is C13H14N3O. The number of fused-ring (bicyclic) bond motifs is 1. The van der Waals surface area contributed by atoms with Gasteiger partial charge in [-0.25, -0.2) is 4.98 Å². The van der Waals surface area contributed by atoms with Gasteiger partial charge in [0.15, 0.2) is 5.82 Å². The number of aromatic amines is 1. The molecule has 4 heteroatoms. The Hall–Kier alpha value is -1.68. The summed E-state index contributed by atoms with van der Waals surface area (Å²) in [6.07, 6.45) is 3.89. The average Bonchev–Trinajstić information content (AvgIpc) is 2.96. The molecule has 1 aromatic carbocycles. The summed E-state index contributed by atoms with van der Waals surface area (Å²) in [5, 5.41) is 3.27. The molecular weight excluding hydrogens is 214 g/mol. The third kappa shape index (κ3) is 2.08. The van der Waals surface area contributed by atoms with Gasteiger partial charge in [0.1, 0.15) is 0 Å². The maximum absolute atomic E-state index is 12.0. The fourth-order valence-corrected chi connectivity index (χ4v) is 2.18. The first-order valence-electron chi connectivity index (χ1n) is 5.90. The fraction of sp³-hybridized carbons (Fsp3) is 0.308. The first-order chi connectivity index (χ1) is 8.33. The van der Waals surface area contributed by atoms with E-state index in [2.05, 4.69) is 15.3 Å². The first kappa shape index (κ1) is 10.5. The van der Waals surface area contributed by atoms with Crippen LogP contribution < -0.4 is 5.32 Å². The summed E-state index contributed by atoms with van der Waals surface area (Å²) in [4.78, 5) is 19.3. The summed E-state index contributed by atoms with van der Waals surface area (Å²) >= 11 is 0. The van der Waals surface area contributed by atoms with Crippen LogP contribution >= 0.6 is 0 Å². The van der Waals surface area contributed by atoms with E-state index < -0.39 is 0 Å². The van der Waals surface area contributed by atoms with Gasteiger partial charge in [-0.3, -0.25) is 4.79 Å². The van der Waals surface area contributed by atoms with Crippen LogP contribution in [0.2, 0.25) is 0 Å². The SMILES string of the molecule is O=C([CH][C@H]1CCCN1)c1nc2ccccc2[nH]1. The molecule has 0 bridgehead atoms. The highest BCUT2D eigenvalue weighted by Crippen LogP contribution is 2.14. The number of Topliss-reactive ketones (excluding diaryl/α,β-unsaturated/α-hetero) is 1. The van der Waals surface area contributed by atoms with Crippen LogP contribution in [-0.2, 0) is 0 Å². The summed E-state index contributed by atoms with van der Waals surface area (Å²) in [5.41, 5.74) is 1.74. The minimum absolute atomic E-state index is 0.0272. The van der Waals surface area contributed by atoms with Crippen LogP contribution in [0.5, 0.6) is 0 Å². The number of benzene rings is 1. The number of rotatable bonds is 3. The van der Waals surface area contributed by atoms with Crippen LogP contribution in [0.15, 0.2) is 24.3 Å². The number of hydrogen-bond acceptors (Lipinski definition) is 3. The van der Waals surface area contributed by atoms with E-state index in [1.807, 2.05) is 24.3 Å². The van der Waals surface area contributed by atoms with Crippen molar-refractivity contribution in [2.75, 3.05) is 6.54 Å². The number of imidazole rings is 1. The van der Waals surface area contributed by atoms with Crippen molar-refractivity contribution in [2.45, 2.75) is 18.9 Å². The van der Waals surface area contributed by atoms with Gasteiger partial charge in [0.05, 0.1) is 17.5 Å². The first-order valence-corrected chi connectivity index (χ1v) is 5.90. The monoisotopic (exact) mass is 228 g/mol. The zero-order chi connectivity index (χ0) is 11.7. The number of nitrogens with zero attached hydrogens (tertiary/aromatic N) is 1. The highest BCUT2D eigenvalue weighted by molar-refractivity contribution is 6.02. The van der Waals surface area contributed by atoms with E-state index in [0.717, 1.165) is 30.4 Å². The minimum atomic E-state index is -0.0272. The smallest absolute Gasteiger partial charge is 0.203 e. The summed E-state index contributed by atoms with van der Waals surface area (Å²) < 4.78 is 0. The molecule has 87 valence electrons. The van der Waals surface area contributed by atoms with E-state index in [9.17, 15) is 4.79 Å². The van der Waals surface area contributed by atoms with Crippen molar-refractivity contribution < 1.29 is 4.79 Å². The molecule has 2 N–H and O–H groups in total. The molecule has 1 atom stereocenters. The third-order valence-electron chi connectivity index (χ3n) is 3.07. The average molecular weight is 228 g/mol. The molecule has 17 heavy (non-hydrogen) atoms. The Bertz CT molecular complexity index is 507. The molecule has 1 saturated heterocycles. The summed E-state index contributed by atoms with van der Waals surface area (Å²) in [7, 11) is 0. The van der Waals surface area contributed by atoms with Gasteiger partial charge < -0.3 is 10.3 Å². The molecule has 2 aromatic rings. The zero-order valence-electron chi connectivity index (χ0n) is 9.44. The minimum Gasteiger partial charge on any atom is -0.335 e. The normalized spacial score (nSPS) is 19.9. The second kappa shape index (κ2) is 4.30. The predicted molar refractivity (Wildman–Crippen MR) is 65.7 cm³/mol. The molecule has 4 nitrogen and oxygen atoms in total. The standard InChI is InChI=1S/C13H14N3O/c17-12(8-9-4-3-7-14-9)13-15-10-5-1-2-6-11(10)16-13/h1-2,5-6,8-9,14H,3-4,7H2,(H,15,16)/t9-/m1/s1. The Morgan fingerprint density at radius 1 is 1.41 bits per heavy atom. The highest BCUT2D eigenvalue weighted by Gasteiger charge is 2.20. The number of para-hydroxylation sites is 2. The van der Waals surface area contributed by atoms with Gasteiger partial charge in [0.2, 0.25) is 5.78 Å². The Kier molecular flexibility index (Phi) is 2.65. The molecule has 0 aliphatic carbocycles. The van der Waals surface area contributed by atoms with Gasteiger partial charge in [-0.2, -0.15) is 0 Å². The lowest BCUT2D eigenvalue weighted by Gasteiger charge is -2.06. The topological polar surface area (TPSA) is 57.8 Å². The van der Waals surface area contributed by atoms with Crippen LogP contribution in [-0.4, -0.2) is 28.3 Å². The van der Waals surface area contributed by atoms with Gasteiger partial charge in [0.25, 0.3) is 0 Å². The number of H-pyrrole nitrogens is 1. The quantitative estimate of drug-likeness (QED) is 0.786. The van der Waals surface area contributed by atoms with Crippen LogP contribution in [0.25, 0.3) is 11.0 Å². The van der Waals surface area contributed by atoms with Crippen molar-refractivity contribution in [3.05, 3.63) is 36.5 Å². The molecule has 1 aliphatic heterocycles. The van der Waals surface area contributed by atoms with Gasteiger partial charge in [-0.1, -0.05) is 12.1 Å². The van der Waals surface area contributed by atoms with Crippen LogP contribution in [0, 0.1) is 6.42 Å². The number of aromatic nitrogens is 2. The van der Waals surface area contributed by atoms with Crippen molar-refractivity contribution in [3.63, 3.8) is 0 Å². The second-order valence-electron chi connectivity index (χ2n) is 4.34. The van der Waals surface area contributed by atoms with Crippen LogP contribution in [0.4, 0.5) is 0 Å². The Balaban J connectivity index is 1.80. The fourth-order valence-electron chi connectivity index (χ4n) is 2.18. The largest absolute Gasteiger partial charge is 0.335 e. The molecule has 1 aliphatic rings. The molecule has 1 aromatic heterocycles. The molecule has 0 amide bonds. The van der Waals surface area contributed by atoms with Crippen molar-refractivity contribution in [1.82, 2.24) is 15.3 Å². The summed E-state index contributed by atoms with van der Waals surface area (Å²) in [6.45, 7) is 0.995. The van der Waals surface area contributed by atoms with Gasteiger partial charge in [-0.15, -0.1) is 0 Å². The van der Waals surface area contributed by atoms with Gasteiger partial charge >= 0.3 is 0 Å². The van der Waals surface area contributed by atoms with E-state index in [1.54, 1.807) is 6.42 Å². The van der Waals surface area contributed by atoms with Crippen molar-refractivity contribution in [2.24, 2.45) is 0 Å². The summed E-state index contributed by atoms with van der Waals surface area (Å²) in [6, 6.07) is 7.87. The zero-order valence-corrected chi connectivity index (χ0v) is 9.44. The predicted octanol–water partition coefficient (Wildman–Crippen LogP) is 1.70. The number of nitrogens with one attached hydrogen (secondary N) is 2. The number of ketones is 1. The van der Waals surface area contributed by atoms with E-state index >= 15 is 0 Å². The van der Waals surface area contributed by atoms with E-state index in [-0.39, 0.29) is 11.8 Å².